The summed E-state index contributed by atoms with van der Waals surface area (Å²) in [6.45, 7) is 5.16. The van der Waals surface area contributed by atoms with E-state index in [9.17, 15) is 0 Å². The van der Waals surface area contributed by atoms with Crippen LogP contribution in [0.2, 0.25) is 5.02 Å². The van der Waals surface area contributed by atoms with Crippen molar-refractivity contribution in [2.24, 2.45) is 0 Å². The number of ether oxygens (including phenoxy) is 1. The van der Waals surface area contributed by atoms with Gasteiger partial charge in [-0.15, -0.1) is 11.3 Å². The Kier molecular flexibility index (Phi) is 6.11. The van der Waals surface area contributed by atoms with Gasteiger partial charge in [0.15, 0.2) is 0 Å². The average molecular weight is 389 g/mol. The second-order valence-corrected chi connectivity index (χ2v) is 6.90. The van der Waals surface area contributed by atoms with Crippen LogP contribution in [0.5, 0.6) is 5.75 Å². The van der Waals surface area contributed by atoms with Gasteiger partial charge in [0.1, 0.15) is 5.75 Å². The molecular formula is C16H19BrClNOS. The molecule has 0 fully saturated rings. The molecule has 1 unspecified atom stereocenters. The van der Waals surface area contributed by atoms with Crippen LogP contribution < -0.4 is 10.1 Å². The largest absolute Gasteiger partial charge is 0.495 e. The summed E-state index contributed by atoms with van der Waals surface area (Å²) in [6, 6.07) is 6.13. The number of methoxy groups -OCH3 is 1. The monoisotopic (exact) mass is 387 g/mol. The fourth-order valence-electron chi connectivity index (χ4n) is 2.45. The molecule has 2 aromatic rings. The van der Waals surface area contributed by atoms with E-state index in [4.69, 9.17) is 16.3 Å². The fourth-order valence-corrected chi connectivity index (χ4v) is 4.54. The molecule has 0 spiro atoms. The molecule has 0 saturated heterocycles. The van der Waals surface area contributed by atoms with Crippen LogP contribution in [0.4, 0.5) is 0 Å². The van der Waals surface area contributed by atoms with Gasteiger partial charge in [-0.2, -0.15) is 0 Å². The fraction of sp³-hybridized carbons (Fsp3) is 0.375. The molecule has 0 aliphatic heterocycles. The van der Waals surface area contributed by atoms with E-state index in [1.165, 1.54) is 10.4 Å². The van der Waals surface area contributed by atoms with Crippen molar-refractivity contribution in [2.75, 3.05) is 13.7 Å². The molecule has 0 amide bonds. The van der Waals surface area contributed by atoms with Crippen molar-refractivity contribution in [3.05, 3.63) is 49.1 Å². The molecule has 1 atom stereocenters. The molecule has 0 aliphatic rings. The van der Waals surface area contributed by atoms with Gasteiger partial charge in [-0.05, 0) is 58.0 Å². The third-order valence-electron chi connectivity index (χ3n) is 3.38. The lowest BCUT2D eigenvalue weighted by Gasteiger charge is -2.22. The van der Waals surface area contributed by atoms with Gasteiger partial charge >= 0.3 is 0 Å². The molecule has 0 saturated carbocycles. The predicted octanol–water partition coefficient (Wildman–Crippen LogP) is 5.43. The Morgan fingerprint density at radius 3 is 2.76 bits per heavy atom. The summed E-state index contributed by atoms with van der Waals surface area (Å²) in [5.74, 6) is 0.834. The van der Waals surface area contributed by atoms with Crippen molar-refractivity contribution in [2.45, 2.75) is 26.3 Å². The second kappa shape index (κ2) is 7.63. The number of rotatable bonds is 6. The molecular weight excluding hydrogens is 370 g/mol. The molecule has 0 aliphatic carbocycles. The third kappa shape index (κ3) is 3.62. The molecule has 1 aromatic carbocycles. The smallest absolute Gasteiger partial charge is 0.138 e. The molecule has 1 N–H and O–H groups in total. The highest BCUT2D eigenvalue weighted by Crippen LogP contribution is 2.40. The van der Waals surface area contributed by atoms with Gasteiger partial charge in [0.25, 0.3) is 0 Å². The Morgan fingerprint density at radius 1 is 1.38 bits per heavy atom. The zero-order valence-corrected chi connectivity index (χ0v) is 15.5. The third-order valence-corrected chi connectivity index (χ3v) is 5.22. The predicted molar refractivity (Wildman–Crippen MR) is 94.9 cm³/mol. The van der Waals surface area contributed by atoms with Gasteiger partial charge in [-0.3, -0.25) is 0 Å². The highest BCUT2D eigenvalue weighted by atomic mass is 79.9. The maximum absolute atomic E-state index is 6.25. The Labute approximate surface area is 143 Å². The van der Waals surface area contributed by atoms with Crippen LogP contribution >= 0.6 is 38.9 Å². The number of hydrogen-bond acceptors (Lipinski definition) is 3. The van der Waals surface area contributed by atoms with E-state index >= 15 is 0 Å². The normalized spacial score (nSPS) is 12.4. The minimum atomic E-state index is 0.0925. The minimum absolute atomic E-state index is 0.0925. The van der Waals surface area contributed by atoms with Crippen LogP contribution in [0.25, 0.3) is 0 Å². The van der Waals surface area contributed by atoms with Crippen LogP contribution in [0.3, 0.4) is 0 Å². The van der Waals surface area contributed by atoms with Crippen LogP contribution in [0.15, 0.2) is 28.1 Å². The lowest BCUT2D eigenvalue weighted by Crippen LogP contribution is -2.22. The number of benzene rings is 1. The summed E-state index contributed by atoms with van der Waals surface area (Å²) in [7, 11) is 1.69. The van der Waals surface area contributed by atoms with Gasteiger partial charge in [0.05, 0.1) is 17.6 Å². The number of nitrogens with one attached hydrogen (secondary N) is 1. The zero-order chi connectivity index (χ0) is 15.4. The Balaban J connectivity index is 2.58. The van der Waals surface area contributed by atoms with E-state index in [2.05, 4.69) is 46.5 Å². The van der Waals surface area contributed by atoms with Crippen molar-refractivity contribution in [1.29, 1.82) is 0 Å². The van der Waals surface area contributed by atoms with E-state index in [1.807, 2.05) is 12.1 Å². The highest BCUT2D eigenvalue weighted by Gasteiger charge is 2.23. The summed E-state index contributed by atoms with van der Waals surface area (Å²) in [5, 5.41) is 6.40. The summed E-state index contributed by atoms with van der Waals surface area (Å²) in [5.41, 5.74) is 2.43. The quantitative estimate of drug-likeness (QED) is 0.712. The van der Waals surface area contributed by atoms with Crippen LogP contribution in [0.1, 0.15) is 35.9 Å². The number of thiophene rings is 1. The molecule has 2 nitrogen and oxygen atoms in total. The molecule has 1 aromatic heterocycles. The molecule has 0 radical (unpaired) electrons. The van der Waals surface area contributed by atoms with Crippen molar-refractivity contribution < 1.29 is 4.74 Å². The van der Waals surface area contributed by atoms with E-state index < -0.39 is 0 Å². The zero-order valence-electron chi connectivity index (χ0n) is 12.4. The van der Waals surface area contributed by atoms with Crippen molar-refractivity contribution >= 4 is 38.9 Å². The highest BCUT2D eigenvalue weighted by molar-refractivity contribution is 9.10. The minimum Gasteiger partial charge on any atom is -0.495 e. The average Bonchev–Trinajstić information content (AvgIpc) is 2.92. The SMILES string of the molecule is CCNC(c1cc(Cl)cc(Br)c1OC)c1sccc1CC. The summed E-state index contributed by atoms with van der Waals surface area (Å²) in [4.78, 5) is 1.33. The maximum atomic E-state index is 6.25. The standard InChI is InChI=1S/C16H19BrClNOS/c1-4-10-6-7-21-16(10)14(19-5-2)12-8-11(18)9-13(17)15(12)20-3/h6-9,14,19H,4-5H2,1-3H3. The number of halogens is 2. The number of hydrogen-bond donors (Lipinski definition) is 1. The van der Waals surface area contributed by atoms with Crippen LogP contribution in [0, 0.1) is 0 Å². The lowest BCUT2D eigenvalue weighted by atomic mass is 10.0. The van der Waals surface area contributed by atoms with Crippen molar-refractivity contribution in [3.8, 4) is 5.75 Å². The van der Waals surface area contributed by atoms with Gasteiger partial charge in [0, 0.05) is 15.5 Å². The first-order valence-corrected chi connectivity index (χ1v) is 8.99. The number of aryl methyl sites for hydroxylation is 1. The first-order valence-electron chi connectivity index (χ1n) is 6.94. The van der Waals surface area contributed by atoms with Gasteiger partial charge < -0.3 is 10.1 Å². The molecule has 1 heterocycles. The molecule has 2 rings (SSSR count). The van der Waals surface area contributed by atoms with Gasteiger partial charge in [-0.1, -0.05) is 25.4 Å². The summed E-state index contributed by atoms with van der Waals surface area (Å²) >= 11 is 11.6. The molecule has 21 heavy (non-hydrogen) atoms. The second-order valence-electron chi connectivity index (χ2n) is 4.66. The Bertz CT molecular complexity index is 614. The van der Waals surface area contributed by atoms with Crippen LogP contribution in [-0.2, 0) is 6.42 Å². The first kappa shape index (κ1) is 16.8. The van der Waals surface area contributed by atoms with Crippen LogP contribution in [-0.4, -0.2) is 13.7 Å². The first-order chi connectivity index (χ1) is 10.1. The van der Waals surface area contributed by atoms with E-state index in [0.717, 1.165) is 28.8 Å². The summed E-state index contributed by atoms with van der Waals surface area (Å²) in [6.07, 6.45) is 1.02. The van der Waals surface area contributed by atoms with Gasteiger partial charge in [0.2, 0.25) is 0 Å². The van der Waals surface area contributed by atoms with Gasteiger partial charge in [-0.25, -0.2) is 0 Å². The van der Waals surface area contributed by atoms with E-state index in [1.54, 1.807) is 18.4 Å². The topological polar surface area (TPSA) is 21.3 Å². The molecule has 114 valence electrons. The van der Waals surface area contributed by atoms with E-state index in [-0.39, 0.29) is 6.04 Å². The molecule has 0 bridgehead atoms. The van der Waals surface area contributed by atoms with Crippen molar-refractivity contribution in [1.82, 2.24) is 5.32 Å². The Morgan fingerprint density at radius 2 is 2.14 bits per heavy atom. The van der Waals surface area contributed by atoms with E-state index in [0.29, 0.717) is 5.02 Å². The molecule has 5 heteroatoms. The summed E-state index contributed by atoms with van der Waals surface area (Å²) < 4.78 is 6.47. The maximum Gasteiger partial charge on any atom is 0.138 e. The lowest BCUT2D eigenvalue weighted by molar-refractivity contribution is 0.402. The van der Waals surface area contributed by atoms with Crippen molar-refractivity contribution in [3.63, 3.8) is 0 Å². The Hall–Kier alpha value is -0.550.